The van der Waals surface area contributed by atoms with E-state index in [1.807, 2.05) is 11.6 Å². The molecule has 1 N–H and O–H groups in total. The van der Waals surface area contributed by atoms with E-state index in [2.05, 4.69) is 30.3 Å². The summed E-state index contributed by atoms with van der Waals surface area (Å²) in [4.78, 5) is 12.1. The standard InChI is InChI=1S/C16H27N3O/c1-12(11-19-14(3)9-13(2)18-19)10-17-16(20)15-7-5-4-6-8-15/h9,12,15H,4-8,10-11H2,1-3H3,(H,17,20)/t12-/m0/s1. The molecule has 1 saturated carbocycles. The maximum absolute atomic E-state index is 12.1. The van der Waals surface area contributed by atoms with Crippen molar-refractivity contribution in [3.8, 4) is 0 Å². The van der Waals surface area contributed by atoms with E-state index >= 15 is 0 Å². The Kier molecular flexibility index (Phi) is 5.21. The summed E-state index contributed by atoms with van der Waals surface area (Å²) in [6, 6.07) is 2.09. The van der Waals surface area contributed by atoms with E-state index in [1.54, 1.807) is 0 Å². The first kappa shape index (κ1) is 15.1. The minimum atomic E-state index is 0.254. The van der Waals surface area contributed by atoms with Crippen molar-refractivity contribution in [2.45, 2.75) is 59.4 Å². The molecule has 0 radical (unpaired) electrons. The van der Waals surface area contributed by atoms with Gasteiger partial charge in [-0.05, 0) is 38.7 Å². The van der Waals surface area contributed by atoms with Crippen molar-refractivity contribution in [2.24, 2.45) is 11.8 Å². The largest absolute Gasteiger partial charge is 0.356 e. The SMILES string of the molecule is Cc1cc(C)n(C[C@@H](C)CNC(=O)C2CCCCC2)n1. The van der Waals surface area contributed by atoms with Gasteiger partial charge in [-0.2, -0.15) is 5.10 Å². The Balaban J connectivity index is 1.75. The summed E-state index contributed by atoms with van der Waals surface area (Å²) >= 11 is 0. The number of carbonyl (C=O) groups excluding carboxylic acids is 1. The predicted octanol–water partition coefficient (Wildman–Crippen LogP) is 2.83. The minimum Gasteiger partial charge on any atom is -0.356 e. The van der Waals surface area contributed by atoms with Crippen LogP contribution in [0.15, 0.2) is 6.07 Å². The van der Waals surface area contributed by atoms with E-state index in [-0.39, 0.29) is 11.8 Å². The lowest BCUT2D eigenvalue weighted by molar-refractivity contribution is -0.126. The smallest absolute Gasteiger partial charge is 0.223 e. The van der Waals surface area contributed by atoms with E-state index in [9.17, 15) is 4.79 Å². The highest BCUT2D eigenvalue weighted by molar-refractivity contribution is 5.78. The monoisotopic (exact) mass is 277 g/mol. The second-order valence-electron chi connectivity index (χ2n) is 6.29. The number of aryl methyl sites for hydroxylation is 2. The molecule has 1 aliphatic rings. The molecule has 112 valence electrons. The van der Waals surface area contributed by atoms with E-state index < -0.39 is 0 Å². The highest BCUT2D eigenvalue weighted by Gasteiger charge is 2.21. The van der Waals surface area contributed by atoms with Gasteiger partial charge in [0.25, 0.3) is 0 Å². The summed E-state index contributed by atoms with van der Waals surface area (Å²) in [7, 11) is 0. The summed E-state index contributed by atoms with van der Waals surface area (Å²) < 4.78 is 2.03. The summed E-state index contributed by atoms with van der Waals surface area (Å²) in [5.41, 5.74) is 2.24. The van der Waals surface area contributed by atoms with Crippen LogP contribution in [-0.4, -0.2) is 22.2 Å². The van der Waals surface area contributed by atoms with Crippen LogP contribution in [0.1, 0.15) is 50.4 Å². The van der Waals surface area contributed by atoms with Gasteiger partial charge < -0.3 is 5.32 Å². The lowest BCUT2D eigenvalue weighted by Gasteiger charge is -2.22. The van der Waals surface area contributed by atoms with E-state index in [4.69, 9.17) is 0 Å². The zero-order valence-electron chi connectivity index (χ0n) is 13.0. The van der Waals surface area contributed by atoms with Crippen LogP contribution in [0.2, 0.25) is 0 Å². The Bertz CT molecular complexity index is 447. The molecule has 1 fully saturated rings. The van der Waals surface area contributed by atoms with Gasteiger partial charge in [-0.3, -0.25) is 9.48 Å². The molecule has 1 atom stereocenters. The molecule has 0 aromatic carbocycles. The Hall–Kier alpha value is -1.32. The van der Waals surface area contributed by atoms with Crippen LogP contribution in [0.5, 0.6) is 0 Å². The Morgan fingerprint density at radius 1 is 1.40 bits per heavy atom. The van der Waals surface area contributed by atoms with Gasteiger partial charge in [0.05, 0.1) is 5.69 Å². The van der Waals surface area contributed by atoms with Gasteiger partial charge in [-0.25, -0.2) is 0 Å². The third-order valence-electron chi connectivity index (χ3n) is 4.19. The lowest BCUT2D eigenvalue weighted by atomic mass is 9.88. The minimum absolute atomic E-state index is 0.254. The molecule has 0 saturated heterocycles. The van der Waals surface area contributed by atoms with Crippen LogP contribution in [0.4, 0.5) is 0 Å². The molecule has 0 unspecified atom stereocenters. The molecule has 1 heterocycles. The van der Waals surface area contributed by atoms with Crippen LogP contribution in [0, 0.1) is 25.7 Å². The first-order valence-electron chi connectivity index (χ1n) is 7.85. The topological polar surface area (TPSA) is 46.9 Å². The number of amides is 1. The Labute approximate surface area is 121 Å². The van der Waals surface area contributed by atoms with Crippen LogP contribution in [-0.2, 0) is 11.3 Å². The number of carbonyl (C=O) groups is 1. The first-order chi connectivity index (χ1) is 9.56. The molecule has 1 aromatic rings. The molecule has 0 spiro atoms. The van der Waals surface area contributed by atoms with E-state index in [0.717, 1.165) is 31.6 Å². The molecule has 4 heteroatoms. The number of hydrogen-bond donors (Lipinski definition) is 1. The average molecular weight is 277 g/mol. The highest BCUT2D eigenvalue weighted by Crippen LogP contribution is 2.23. The number of nitrogens with one attached hydrogen (secondary N) is 1. The molecule has 1 amide bonds. The summed E-state index contributed by atoms with van der Waals surface area (Å²) in [6.45, 7) is 7.86. The third kappa shape index (κ3) is 4.09. The van der Waals surface area contributed by atoms with Crippen LogP contribution in [0.25, 0.3) is 0 Å². The zero-order chi connectivity index (χ0) is 14.5. The van der Waals surface area contributed by atoms with Gasteiger partial charge in [0.2, 0.25) is 5.91 Å². The fourth-order valence-corrected chi connectivity index (χ4v) is 3.00. The molecular weight excluding hydrogens is 250 g/mol. The van der Waals surface area contributed by atoms with Crippen molar-refractivity contribution >= 4 is 5.91 Å². The maximum Gasteiger partial charge on any atom is 0.223 e. The molecular formula is C16H27N3O. The molecule has 1 aliphatic carbocycles. The van der Waals surface area contributed by atoms with Gasteiger partial charge in [-0.15, -0.1) is 0 Å². The molecule has 2 rings (SSSR count). The normalized spacial score (nSPS) is 17.9. The lowest BCUT2D eigenvalue weighted by Crippen LogP contribution is -2.35. The van der Waals surface area contributed by atoms with Crippen molar-refractivity contribution in [3.63, 3.8) is 0 Å². The number of nitrogens with zero attached hydrogens (tertiary/aromatic N) is 2. The van der Waals surface area contributed by atoms with Crippen molar-refractivity contribution in [1.82, 2.24) is 15.1 Å². The highest BCUT2D eigenvalue weighted by atomic mass is 16.1. The van der Waals surface area contributed by atoms with Crippen molar-refractivity contribution in [2.75, 3.05) is 6.54 Å². The van der Waals surface area contributed by atoms with Crippen molar-refractivity contribution in [1.29, 1.82) is 0 Å². The van der Waals surface area contributed by atoms with Gasteiger partial charge in [0, 0.05) is 24.7 Å². The van der Waals surface area contributed by atoms with Crippen LogP contribution >= 0.6 is 0 Å². The third-order valence-corrected chi connectivity index (χ3v) is 4.19. The average Bonchev–Trinajstić information content (AvgIpc) is 2.75. The summed E-state index contributed by atoms with van der Waals surface area (Å²) in [6.07, 6.45) is 5.84. The van der Waals surface area contributed by atoms with Gasteiger partial charge in [0.1, 0.15) is 0 Å². The summed E-state index contributed by atoms with van der Waals surface area (Å²) in [5.74, 6) is 0.912. The first-order valence-corrected chi connectivity index (χ1v) is 7.85. The molecule has 0 bridgehead atoms. The maximum atomic E-state index is 12.1. The van der Waals surface area contributed by atoms with E-state index in [0.29, 0.717) is 5.92 Å². The van der Waals surface area contributed by atoms with Gasteiger partial charge >= 0.3 is 0 Å². The van der Waals surface area contributed by atoms with Crippen LogP contribution < -0.4 is 5.32 Å². The second-order valence-corrected chi connectivity index (χ2v) is 6.29. The number of rotatable bonds is 5. The summed E-state index contributed by atoms with van der Waals surface area (Å²) in [5, 5.41) is 7.59. The number of aromatic nitrogens is 2. The predicted molar refractivity (Wildman–Crippen MR) is 80.4 cm³/mol. The zero-order valence-corrected chi connectivity index (χ0v) is 13.0. The Morgan fingerprint density at radius 2 is 2.10 bits per heavy atom. The number of hydrogen-bond acceptors (Lipinski definition) is 2. The quantitative estimate of drug-likeness (QED) is 0.899. The second kappa shape index (κ2) is 6.91. The fourth-order valence-electron chi connectivity index (χ4n) is 3.00. The fraction of sp³-hybridized carbons (Fsp3) is 0.750. The molecule has 20 heavy (non-hydrogen) atoms. The Morgan fingerprint density at radius 3 is 2.70 bits per heavy atom. The molecule has 4 nitrogen and oxygen atoms in total. The molecule has 0 aliphatic heterocycles. The van der Waals surface area contributed by atoms with Crippen LogP contribution in [0.3, 0.4) is 0 Å². The van der Waals surface area contributed by atoms with Gasteiger partial charge in [-0.1, -0.05) is 26.2 Å². The van der Waals surface area contributed by atoms with Crippen molar-refractivity contribution in [3.05, 3.63) is 17.5 Å². The molecule has 1 aromatic heterocycles. The van der Waals surface area contributed by atoms with Gasteiger partial charge in [0.15, 0.2) is 0 Å². The van der Waals surface area contributed by atoms with Crippen molar-refractivity contribution < 1.29 is 4.79 Å². The van der Waals surface area contributed by atoms with E-state index in [1.165, 1.54) is 25.0 Å².